The summed E-state index contributed by atoms with van der Waals surface area (Å²) in [6, 6.07) is 0. The number of alkyl halides is 2. The van der Waals surface area contributed by atoms with Gasteiger partial charge in [-0.05, 0) is 0 Å². The van der Waals surface area contributed by atoms with Crippen molar-refractivity contribution in [3.63, 3.8) is 0 Å². The Bertz CT molecular complexity index is 59.8. The molecule has 0 aliphatic rings. The lowest BCUT2D eigenvalue weighted by Crippen LogP contribution is -1.78. The summed E-state index contributed by atoms with van der Waals surface area (Å²) >= 11 is 13.5. The third-order valence-corrected chi connectivity index (χ3v) is 1.65. The van der Waals surface area contributed by atoms with Gasteiger partial charge in [-0.2, -0.15) is 0 Å². The monoisotopic (exact) mass is 188 g/mol. The van der Waals surface area contributed by atoms with Gasteiger partial charge in [-0.3, -0.25) is 0 Å². The minimum absolute atomic E-state index is 0.292. The highest BCUT2D eigenvalue weighted by molar-refractivity contribution is 9.10. The van der Waals surface area contributed by atoms with Crippen LogP contribution in [-0.2, 0) is 0 Å². The molecule has 0 spiro atoms. The Balaban J connectivity index is 3.26. The van der Waals surface area contributed by atoms with Crippen molar-refractivity contribution in [3.05, 3.63) is 11.6 Å². The lowest BCUT2D eigenvalue weighted by atomic mass is 10.7. The highest BCUT2D eigenvalue weighted by Crippen LogP contribution is 2.16. The first-order valence-electron chi connectivity index (χ1n) is 1.27. The molecule has 36 valence electrons. The Kier molecular flexibility index (Phi) is 3.28. The second-order valence-corrected chi connectivity index (χ2v) is 3.11. The van der Waals surface area contributed by atoms with Gasteiger partial charge in [0.2, 0.25) is 0 Å². The van der Waals surface area contributed by atoms with E-state index in [9.17, 15) is 0 Å². The van der Waals surface area contributed by atoms with E-state index in [1.807, 2.05) is 0 Å². The second-order valence-electron chi connectivity index (χ2n) is 0.748. The molecule has 6 heavy (non-hydrogen) atoms. The summed E-state index contributed by atoms with van der Waals surface area (Å²) in [5, 5.41) is 0.414. The van der Waals surface area contributed by atoms with E-state index in [4.69, 9.17) is 23.2 Å². The summed E-state index contributed by atoms with van der Waals surface area (Å²) in [5.41, 5.74) is 0. The van der Waals surface area contributed by atoms with E-state index in [0.717, 1.165) is 0 Å². The van der Waals surface area contributed by atoms with E-state index in [-0.39, 0.29) is 4.29 Å². The number of rotatable bonds is 1. The Morgan fingerprint density at radius 3 is 2.00 bits per heavy atom. The lowest BCUT2D eigenvalue weighted by molar-refractivity contribution is 1.63. The first-order chi connectivity index (χ1) is 2.64. The van der Waals surface area contributed by atoms with Crippen LogP contribution in [0, 0.1) is 0 Å². The summed E-state index contributed by atoms with van der Waals surface area (Å²) < 4.78 is -0.292. The summed E-state index contributed by atoms with van der Waals surface area (Å²) in [5.74, 6) is 0. The molecule has 0 rings (SSSR count). The lowest BCUT2D eigenvalue weighted by Gasteiger charge is -1.89. The maximum atomic E-state index is 5.30. The van der Waals surface area contributed by atoms with E-state index in [1.54, 1.807) is 0 Å². The van der Waals surface area contributed by atoms with E-state index in [2.05, 4.69) is 22.5 Å². The van der Waals surface area contributed by atoms with E-state index >= 15 is 0 Å². The van der Waals surface area contributed by atoms with Crippen molar-refractivity contribution < 1.29 is 0 Å². The van der Waals surface area contributed by atoms with Gasteiger partial charge in [0.15, 0.2) is 0 Å². The molecule has 0 aliphatic heterocycles. The zero-order valence-corrected chi connectivity index (χ0v) is 6.02. The molecule has 0 amide bonds. The molecule has 0 fully saturated rings. The predicted molar refractivity (Wildman–Crippen MR) is 33.6 cm³/mol. The van der Waals surface area contributed by atoms with Crippen LogP contribution in [0.2, 0.25) is 0 Å². The van der Waals surface area contributed by atoms with E-state index < -0.39 is 0 Å². The molecule has 0 nitrogen and oxygen atoms in total. The molecule has 0 aromatic rings. The fraction of sp³-hybridized carbons (Fsp3) is 0.333. The fourth-order valence-electron chi connectivity index (χ4n) is 0. The van der Waals surface area contributed by atoms with E-state index in [0.29, 0.717) is 5.03 Å². The molecule has 0 aromatic heterocycles. The minimum atomic E-state index is -0.292. The van der Waals surface area contributed by atoms with Crippen LogP contribution in [0.5, 0.6) is 0 Å². The van der Waals surface area contributed by atoms with Crippen molar-refractivity contribution in [2.24, 2.45) is 0 Å². The second kappa shape index (κ2) is 2.89. The number of halogens is 3. The molecule has 0 aliphatic carbocycles. The highest BCUT2D eigenvalue weighted by Gasteiger charge is 1.96. The van der Waals surface area contributed by atoms with E-state index in [1.165, 1.54) is 0 Å². The molecule has 0 radical (unpaired) electrons. The molecule has 1 unspecified atom stereocenters. The highest BCUT2D eigenvalue weighted by atomic mass is 79.9. The van der Waals surface area contributed by atoms with Gasteiger partial charge in [0, 0.05) is 5.03 Å². The first-order valence-corrected chi connectivity index (χ1v) is 3.00. The van der Waals surface area contributed by atoms with Crippen molar-refractivity contribution >= 4 is 39.1 Å². The maximum Gasteiger partial charge on any atom is 0.123 e. The van der Waals surface area contributed by atoms with Crippen LogP contribution < -0.4 is 0 Å². The van der Waals surface area contributed by atoms with Gasteiger partial charge in [0.25, 0.3) is 0 Å². The van der Waals surface area contributed by atoms with Crippen molar-refractivity contribution in [2.45, 2.75) is 4.29 Å². The van der Waals surface area contributed by atoms with Crippen molar-refractivity contribution in [2.75, 3.05) is 0 Å². The van der Waals surface area contributed by atoms with Gasteiger partial charge in [0.1, 0.15) is 4.29 Å². The van der Waals surface area contributed by atoms with Crippen LogP contribution in [-0.4, -0.2) is 4.29 Å². The van der Waals surface area contributed by atoms with Crippen LogP contribution in [0.1, 0.15) is 0 Å². The maximum absolute atomic E-state index is 5.30. The topological polar surface area (TPSA) is 0 Å². The smallest absolute Gasteiger partial charge is 0.104 e. The van der Waals surface area contributed by atoms with Gasteiger partial charge in [-0.25, -0.2) is 0 Å². The molecule has 0 saturated carbocycles. The van der Waals surface area contributed by atoms with Crippen LogP contribution >= 0.6 is 39.1 Å². The molecule has 0 aromatic carbocycles. The van der Waals surface area contributed by atoms with Gasteiger partial charge in [0.05, 0.1) is 0 Å². The zero-order valence-electron chi connectivity index (χ0n) is 2.92. The zero-order chi connectivity index (χ0) is 5.15. The number of allylic oxidation sites excluding steroid dienone is 1. The Morgan fingerprint density at radius 1 is 1.83 bits per heavy atom. The van der Waals surface area contributed by atoms with Crippen LogP contribution in [0.4, 0.5) is 0 Å². The van der Waals surface area contributed by atoms with Crippen LogP contribution in [0.3, 0.4) is 0 Å². The molecule has 1 atom stereocenters. The predicted octanol–water partition coefficient (Wildman–Crippen LogP) is 2.70. The average Bonchev–Trinajstić information content (AvgIpc) is 1.36. The van der Waals surface area contributed by atoms with Crippen molar-refractivity contribution in [3.8, 4) is 0 Å². The van der Waals surface area contributed by atoms with Gasteiger partial charge in [-0.15, -0.1) is 11.6 Å². The average molecular weight is 190 g/mol. The fourth-order valence-corrected chi connectivity index (χ4v) is 0. The molecule has 0 heterocycles. The minimum Gasteiger partial charge on any atom is -0.104 e. The molecule has 0 N–H and O–H groups in total. The third-order valence-electron chi connectivity index (χ3n) is 0.237. The number of hydrogen-bond acceptors (Lipinski definition) is 0. The summed E-state index contributed by atoms with van der Waals surface area (Å²) in [6.07, 6.45) is 0. The van der Waals surface area contributed by atoms with Crippen LogP contribution in [0.25, 0.3) is 0 Å². The summed E-state index contributed by atoms with van der Waals surface area (Å²) in [6.45, 7) is 3.34. The van der Waals surface area contributed by atoms with Crippen molar-refractivity contribution in [1.29, 1.82) is 0 Å². The largest absolute Gasteiger partial charge is 0.123 e. The third kappa shape index (κ3) is 3.01. The molecule has 0 bridgehead atoms. The quantitative estimate of drug-likeness (QED) is 0.557. The SMILES string of the molecule is C=C(Cl)C(Cl)Br. The molecular formula is C3H3BrCl2. The Labute approximate surface area is 55.3 Å². The Hall–Kier alpha value is 0.800. The summed E-state index contributed by atoms with van der Waals surface area (Å²) in [7, 11) is 0. The Morgan fingerprint density at radius 2 is 2.00 bits per heavy atom. The van der Waals surface area contributed by atoms with Gasteiger partial charge in [-0.1, -0.05) is 34.1 Å². The molecular weight excluding hydrogens is 187 g/mol. The first kappa shape index (κ1) is 6.80. The standard InChI is InChI=1S/C3H3BrCl2/c1-2(5)3(4)6/h3H,1H2. The summed E-state index contributed by atoms with van der Waals surface area (Å²) in [4.78, 5) is 0. The molecule has 3 heteroatoms. The molecule has 0 saturated heterocycles. The normalized spacial score (nSPS) is 13.8. The van der Waals surface area contributed by atoms with Gasteiger partial charge >= 0.3 is 0 Å². The van der Waals surface area contributed by atoms with Crippen molar-refractivity contribution in [1.82, 2.24) is 0 Å². The van der Waals surface area contributed by atoms with Crippen LogP contribution in [0.15, 0.2) is 11.6 Å². The van der Waals surface area contributed by atoms with Gasteiger partial charge < -0.3 is 0 Å². The number of hydrogen-bond donors (Lipinski definition) is 0.